The number of carbonyl (C=O) groups is 4. The van der Waals surface area contributed by atoms with E-state index in [1.165, 1.54) is 4.90 Å². The smallest absolute Gasteiger partial charge is 0.358 e. The van der Waals surface area contributed by atoms with Gasteiger partial charge in [0.05, 0.1) is 29.9 Å². The summed E-state index contributed by atoms with van der Waals surface area (Å²) in [4.78, 5) is 55.9. The van der Waals surface area contributed by atoms with Crippen molar-refractivity contribution in [2.45, 2.75) is 52.7 Å². The third kappa shape index (κ3) is 5.60. The predicted molar refractivity (Wildman–Crippen MR) is 137 cm³/mol. The lowest BCUT2D eigenvalue weighted by Crippen LogP contribution is -2.61. The van der Waals surface area contributed by atoms with Gasteiger partial charge in [0.15, 0.2) is 0 Å². The van der Waals surface area contributed by atoms with Crippen LogP contribution in [0.2, 0.25) is 0 Å². The highest BCUT2D eigenvalue weighted by Crippen LogP contribution is 2.47. The first kappa shape index (κ1) is 27.0. The maximum atomic E-state index is 13.1. The van der Waals surface area contributed by atoms with Crippen LogP contribution in [0.1, 0.15) is 45.2 Å². The maximum Gasteiger partial charge on any atom is 0.358 e. The first-order valence-corrected chi connectivity index (χ1v) is 12.3. The van der Waals surface area contributed by atoms with E-state index < -0.39 is 42.2 Å². The number of anilines is 1. The van der Waals surface area contributed by atoms with Crippen LogP contribution in [0.5, 0.6) is 0 Å². The van der Waals surface area contributed by atoms with E-state index in [1.54, 1.807) is 76.5 Å². The van der Waals surface area contributed by atoms with Gasteiger partial charge in [-0.2, -0.15) is 0 Å². The number of rotatable bonds is 8. The molecule has 200 valence electrons. The molecule has 0 unspecified atom stereocenters. The van der Waals surface area contributed by atoms with E-state index in [-0.39, 0.29) is 23.9 Å². The van der Waals surface area contributed by atoms with Crippen LogP contribution in [-0.2, 0) is 35.1 Å². The van der Waals surface area contributed by atoms with Gasteiger partial charge in [0.25, 0.3) is 0 Å². The van der Waals surface area contributed by atoms with Crippen molar-refractivity contribution in [3.63, 3.8) is 0 Å². The Labute approximate surface area is 220 Å². The molecule has 2 amide bonds. The zero-order valence-corrected chi connectivity index (χ0v) is 21.8. The first-order chi connectivity index (χ1) is 18.0. The predicted octanol–water partition coefficient (Wildman–Crippen LogP) is 2.68. The van der Waals surface area contributed by atoms with Crippen molar-refractivity contribution in [2.75, 3.05) is 12.1 Å². The number of amides is 2. The quantitative estimate of drug-likeness (QED) is 0.308. The molecule has 2 aliphatic heterocycles. The highest BCUT2D eigenvalue weighted by atomic mass is 16.7. The lowest BCUT2D eigenvalue weighted by Gasteiger charge is -2.44. The lowest BCUT2D eigenvalue weighted by atomic mass is 9.82. The number of hydrogen-bond donors (Lipinski definition) is 2. The fourth-order valence-electron chi connectivity index (χ4n) is 4.63. The summed E-state index contributed by atoms with van der Waals surface area (Å²) >= 11 is 0. The highest BCUT2D eigenvalue weighted by Gasteiger charge is 2.57. The fourth-order valence-corrected chi connectivity index (χ4v) is 4.63. The average Bonchev–Trinajstić information content (AvgIpc) is 3.19. The van der Waals surface area contributed by atoms with E-state index in [9.17, 15) is 24.3 Å². The van der Waals surface area contributed by atoms with Crippen molar-refractivity contribution < 1.29 is 33.8 Å². The Balaban J connectivity index is 1.56. The number of aliphatic hydroxyl groups excluding tert-OH is 1. The Hall–Kier alpha value is -4.05. The summed E-state index contributed by atoms with van der Waals surface area (Å²) in [5.41, 5.74) is 1.85. The Kier molecular flexibility index (Phi) is 7.63. The number of nitrogens with zero attached hydrogens (tertiary/aromatic N) is 2. The molecule has 1 aromatic carbocycles. The fraction of sp³-hybridized carbons (Fsp3) is 0.393. The number of aliphatic hydroxyl groups is 1. The van der Waals surface area contributed by atoms with Crippen LogP contribution in [0.15, 0.2) is 54.5 Å². The van der Waals surface area contributed by atoms with E-state index in [0.29, 0.717) is 28.8 Å². The van der Waals surface area contributed by atoms with E-state index in [2.05, 4.69) is 10.3 Å². The Bertz CT molecular complexity index is 1280. The molecule has 0 radical (unpaired) electrons. The number of fused-ring (bicyclic) bond motifs is 1. The van der Waals surface area contributed by atoms with Gasteiger partial charge >= 0.3 is 11.9 Å². The summed E-state index contributed by atoms with van der Waals surface area (Å²) in [7, 11) is 0. The van der Waals surface area contributed by atoms with Gasteiger partial charge < -0.3 is 24.8 Å². The largest absolute Gasteiger partial charge is 0.427 e. The summed E-state index contributed by atoms with van der Waals surface area (Å²) in [6.45, 7) is 5.99. The van der Waals surface area contributed by atoms with Gasteiger partial charge in [0.1, 0.15) is 5.70 Å². The molecule has 0 bridgehead atoms. The number of ether oxygens (including phenoxy) is 2. The van der Waals surface area contributed by atoms with E-state index in [1.807, 2.05) is 0 Å². The molecule has 1 fully saturated rings. The Morgan fingerprint density at radius 1 is 1.16 bits per heavy atom. The van der Waals surface area contributed by atoms with Gasteiger partial charge in [0, 0.05) is 18.1 Å². The van der Waals surface area contributed by atoms with Crippen LogP contribution in [0.4, 0.5) is 5.69 Å². The number of aromatic nitrogens is 1. The molecular weight excluding hydrogens is 490 g/mol. The number of esters is 2. The summed E-state index contributed by atoms with van der Waals surface area (Å²) in [5, 5.41) is 12.9. The van der Waals surface area contributed by atoms with Gasteiger partial charge in [-0.25, -0.2) is 4.79 Å². The molecule has 38 heavy (non-hydrogen) atoms. The molecule has 0 saturated carbocycles. The van der Waals surface area contributed by atoms with Crippen LogP contribution in [-0.4, -0.2) is 57.7 Å². The Morgan fingerprint density at radius 3 is 2.53 bits per heavy atom. The van der Waals surface area contributed by atoms with E-state index in [0.717, 1.165) is 0 Å². The van der Waals surface area contributed by atoms with Crippen molar-refractivity contribution in [3.05, 3.63) is 65.6 Å². The first-order valence-electron chi connectivity index (χ1n) is 12.3. The normalized spacial score (nSPS) is 19.4. The van der Waals surface area contributed by atoms with Crippen molar-refractivity contribution in [1.82, 2.24) is 9.88 Å². The number of β-lactam (4-membered cyclic amide) rings is 1. The molecule has 2 aliphatic rings. The van der Waals surface area contributed by atoms with Crippen LogP contribution >= 0.6 is 0 Å². The monoisotopic (exact) mass is 521 g/mol. The second-order valence-corrected chi connectivity index (χ2v) is 10.5. The van der Waals surface area contributed by atoms with Crippen molar-refractivity contribution in [1.29, 1.82) is 0 Å². The minimum atomic E-state index is -0.878. The van der Waals surface area contributed by atoms with Gasteiger partial charge in [-0.3, -0.25) is 19.4 Å². The average molecular weight is 522 g/mol. The minimum Gasteiger partial charge on any atom is -0.427 e. The van der Waals surface area contributed by atoms with Crippen LogP contribution in [0.25, 0.3) is 5.57 Å². The summed E-state index contributed by atoms with van der Waals surface area (Å²) in [6.07, 6.45) is 2.71. The number of nitrogens with one attached hydrogen (secondary N) is 1. The second kappa shape index (κ2) is 10.7. The maximum absolute atomic E-state index is 13.1. The third-order valence-corrected chi connectivity index (χ3v) is 6.52. The van der Waals surface area contributed by atoms with Crippen LogP contribution in [0.3, 0.4) is 0 Å². The standard InChI is InChI=1S/C28H31N3O7/c1-16(32)23-21-14-20(24(31(21)25(23)34)26(35)37-15-38-27(36)28(2,3)4)18-7-5-6-17(12-18)13-22(33)30-19-8-10-29-11-9-19/h5-12,16,21,23,32H,13-15H2,1-4H3,(H,29,30,33)/t16-,21-,23-/m1/s1. The second-order valence-electron chi connectivity index (χ2n) is 10.5. The number of benzene rings is 1. The van der Waals surface area contributed by atoms with E-state index in [4.69, 9.17) is 9.47 Å². The van der Waals surface area contributed by atoms with Crippen LogP contribution < -0.4 is 5.32 Å². The third-order valence-electron chi connectivity index (χ3n) is 6.52. The molecule has 3 atom stereocenters. The zero-order valence-electron chi connectivity index (χ0n) is 21.8. The lowest BCUT2D eigenvalue weighted by molar-refractivity contribution is -0.175. The van der Waals surface area contributed by atoms with Gasteiger partial charge in [-0.05, 0) is 62.9 Å². The van der Waals surface area contributed by atoms with Crippen LogP contribution in [0, 0.1) is 11.3 Å². The van der Waals surface area contributed by atoms with Gasteiger partial charge in [-0.1, -0.05) is 24.3 Å². The topological polar surface area (TPSA) is 135 Å². The molecule has 0 spiro atoms. The molecular formula is C28H31N3O7. The summed E-state index contributed by atoms with van der Waals surface area (Å²) in [6, 6.07) is 10.1. The van der Waals surface area contributed by atoms with Crippen molar-refractivity contribution in [3.8, 4) is 0 Å². The van der Waals surface area contributed by atoms with Crippen molar-refractivity contribution >= 4 is 35.0 Å². The molecule has 2 aromatic rings. The highest BCUT2D eigenvalue weighted by molar-refractivity contribution is 6.07. The molecule has 3 heterocycles. The zero-order chi connectivity index (χ0) is 27.6. The number of pyridine rings is 1. The Morgan fingerprint density at radius 2 is 1.87 bits per heavy atom. The molecule has 0 aliphatic carbocycles. The van der Waals surface area contributed by atoms with Gasteiger partial charge in [0.2, 0.25) is 18.6 Å². The summed E-state index contributed by atoms with van der Waals surface area (Å²) < 4.78 is 10.3. The molecule has 10 nitrogen and oxygen atoms in total. The molecule has 1 saturated heterocycles. The summed E-state index contributed by atoms with van der Waals surface area (Å²) in [5.74, 6) is -2.56. The molecule has 10 heteroatoms. The minimum absolute atomic E-state index is 0.0575. The van der Waals surface area contributed by atoms with Crippen molar-refractivity contribution in [2.24, 2.45) is 11.3 Å². The number of carbonyl (C=O) groups excluding carboxylic acids is 4. The molecule has 4 rings (SSSR count). The number of hydrogen-bond acceptors (Lipinski definition) is 8. The molecule has 2 N–H and O–H groups in total. The SMILES string of the molecule is C[C@@H](O)[C@H]1C(=O)N2C(C(=O)OCOC(=O)C(C)(C)C)=C(c3cccc(CC(=O)Nc4ccncc4)c3)C[C@H]12. The van der Waals surface area contributed by atoms with Gasteiger partial charge in [-0.15, -0.1) is 0 Å². The molecule has 1 aromatic heterocycles. The van der Waals surface area contributed by atoms with E-state index >= 15 is 0 Å².